The third-order valence-corrected chi connectivity index (χ3v) is 5.01. The number of nitrogens with one attached hydrogen (secondary N) is 1. The van der Waals surface area contributed by atoms with Crippen LogP contribution >= 0.6 is 11.3 Å². The average Bonchev–Trinajstić information content (AvgIpc) is 2.93. The first-order valence-corrected chi connectivity index (χ1v) is 8.27. The molecule has 1 aliphatic rings. The Labute approximate surface area is 125 Å². The lowest BCUT2D eigenvalue weighted by molar-refractivity contribution is 0.0906. The Hall–Kier alpha value is -0.910. The maximum Gasteiger partial charge on any atom is 0.261 e. The summed E-state index contributed by atoms with van der Waals surface area (Å²) < 4.78 is 0. The van der Waals surface area contributed by atoms with Crippen molar-refractivity contribution in [3.05, 3.63) is 21.9 Å². The van der Waals surface area contributed by atoms with Crippen LogP contribution in [0.1, 0.15) is 29.1 Å². The van der Waals surface area contributed by atoms with Gasteiger partial charge in [-0.15, -0.1) is 11.3 Å². The van der Waals surface area contributed by atoms with Crippen molar-refractivity contribution in [2.24, 2.45) is 0 Å². The summed E-state index contributed by atoms with van der Waals surface area (Å²) in [6.07, 6.45) is 0.917. The average molecular weight is 295 g/mol. The molecule has 2 rings (SSSR count). The summed E-state index contributed by atoms with van der Waals surface area (Å²) in [7, 11) is 2.16. The second-order valence-electron chi connectivity index (χ2n) is 5.53. The van der Waals surface area contributed by atoms with Crippen molar-refractivity contribution in [3.8, 4) is 0 Å². The summed E-state index contributed by atoms with van der Waals surface area (Å²) in [5.41, 5.74) is 1.15. The van der Waals surface area contributed by atoms with Crippen LogP contribution in [0.5, 0.6) is 0 Å². The second kappa shape index (κ2) is 7.20. The maximum absolute atomic E-state index is 12.2. The lowest BCUT2D eigenvalue weighted by atomic mass is 10.2. The molecule has 1 fully saturated rings. The minimum atomic E-state index is 0.0813. The van der Waals surface area contributed by atoms with Crippen molar-refractivity contribution in [2.45, 2.75) is 26.3 Å². The normalized spacial score (nSPS) is 18.9. The van der Waals surface area contributed by atoms with E-state index in [1.54, 1.807) is 0 Å². The van der Waals surface area contributed by atoms with Crippen LogP contribution < -0.4 is 5.32 Å². The van der Waals surface area contributed by atoms with Gasteiger partial charge in [0.25, 0.3) is 5.91 Å². The third kappa shape index (κ3) is 3.81. The molecule has 1 amide bonds. The van der Waals surface area contributed by atoms with Crippen LogP contribution in [0.3, 0.4) is 0 Å². The molecule has 1 atom stereocenters. The molecule has 5 heteroatoms. The van der Waals surface area contributed by atoms with Gasteiger partial charge < -0.3 is 10.2 Å². The van der Waals surface area contributed by atoms with E-state index in [4.69, 9.17) is 0 Å². The fourth-order valence-corrected chi connectivity index (χ4v) is 3.44. The molecule has 4 nitrogen and oxygen atoms in total. The Morgan fingerprint density at radius 2 is 2.10 bits per heavy atom. The van der Waals surface area contributed by atoms with Crippen LogP contribution in [0.25, 0.3) is 0 Å². The van der Waals surface area contributed by atoms with Gasteiger partial charge in [0.2, 0.25) is 0 Å². The summed E-state index contributed by atoms with van der Waals surface area (Å²) in [5, 5.41) is 5.08. The molecule has 20 heavy (non-hydrogen) atoms. The molecule has 0 saturated carbocycles. The molecule has 1 aliphatic heterocycles. The van der Waals surface area contributed by atoms with Gasteiger partial charge in [0.15, 0.2) is 0 Å². The van der Waals surface area contributed by atoms with Crippen LogP contribution in [0.2, 0.25) is 0 Å². The van der Waals surface area contributed by atoms with Crippen molar-refractivity contribution < 1.29 is 4.79 Å². The number of aryl methyl sites for hydroxylation is 1. The Bertz CT molecular complexity index is 438. The van der Waals surface area contributed by atoms with E-state index in [9.17, 15) is 4.79 Å². The lowest BCUT2D eigenvalue weighted by Gasteiger charge is -2.36. The molecule has 0 aromatic carbocycles. The van der Waals surface area contributed by atoms with Gasteiger partial charge in [-0.2, -0.15) is 0 Å². The van der Waals surface area contributed by atoms with Gasteiger partial charge in [0, 0.05) is 38.8 Å². The zero-order valence-corrected chi connectivity index (χ0v) is 13.5. The number of rotatable bonds is 5. The first-order chi connectivity index (χ1) is 9.61. The number of likely N-dealkylation sites (N-methyl/N-ethyl adjacent to an activating group) is 1. The smallest absolute Gasteiger partial charge is 0.261 e. The summed E-state index contributed by atoms with van der Waals surface area (Å²) in [4.78, 5) is 17.9. The van der Waals surface area contributed by atoms with E-state index in [2.05, 4.69) is 36.0 Å². The highest BCUT2D eigenvalue weighted by Gasteiger charge is 2.20. The number of piperazine rings is 1. The highest BCUT2D eigenvalue weighted by atomic mass is 32.1. The molecule has 1 aromatic heterocycles. The lowest BCUT2D eigenvalue weighted by Crippen LogP contribution is -2.51. The molecule has 2 heterocycles. The number of nitrogens with zero attached hydrogens (tertiary/aromatic N) is 2. The summed E-state index contributed by atoms with van der Waals surface area (Å²) >= 11 is 1.54. The van der Waals surface area contributed by atoms with E-state index in [1.807, 2.05) is 11.4 Å². The van der Waals surface area contributed by atoms with Gasteiger partial charge in [-0.05, 0) is 37.4 Å². The molecule has 0 radical (unpaired) electrons. The van der Waals surface area contributed by atoms with E-state index in [-0.39, 0.29) is 5.91 Å². The van der Waals surface area contributed by atoms with Crippen molar-refractivity contribution in [1.82, 2.24) is 15.1 Å². The van der Waals surface area contributed by atoms with Gasteiger partial charge in [-0.1, -0.05) is 6.92 Å². The maximum atomic E-state index is 12.2. The zero-order valence-electron chi connectivity index (χ0n) is 12.7. The quantitative estimate of drug-likeness (QED) is 0.898. The molecule has 1 N–H and O–H groups in total. The topological polar surface area (TPSA) is 35.6 Å². The SMILES string of the molecule is CCc1ccsc1C(=O)NC[C@@H](C)N1CCN(C)CC1. The molecule has 112 valence electrons. The Kier molecular flexibility index (Phi) is 5.57. The molecular weight excluding hydrogens is 270 g/mol. The molecular formula is C15H25N3OS. The number of thiophene rings is 1. The van der Waals surface area contributed by atoms with Gasteiger partial charge in [-0.25, -0.2) is 0 Å². The highest BCUT2D eigenvalue weighted by molar-refractivity contribution is 7.12. The standard InChI is InChI=1S/C15H25N3OS/c1-4-13-5-10-20-14(13)15(19)16-11-12(2)18-8-6-17(3)7-9-18/h5,10,12H,4,6-9,11H2,1-3H3,(H,16,19)/t12-/m1/s1. The van der Waals surface area contributed by atoms with Crippen LogP contribution in [-0.2, 0) is 6.42 Å². The van der Waals surface area contributed by atoms with Crippen molar-refractivity contribution >= 4 is 17.2 Å². The third-order valence-electron chi connectivity index (χ3n) is 4.05. The predicted molar refractivity (Wildman–Crippen MR) is 84.6 cm³/mol. The van der Waals surface area contributed by atoms with Gasteiger partial charge in [-0.3, -0.25) is 9.69 Å². The van der Waals surface area contributed by atoms with Crippen LogP contribution in [-0.4, -0.2) is 61.5 Å². The van der Waals surface area contributed by atoms with E-state index >= 15 is 0 Å². The van der Waals surface area contributed by atoms with E-state index in [0.29, 0.717) is 6.04 Å². The fraction of sp³-hybridized carbons (Fsp3) is 0.667. The van der Waals surface area contributed by atoms with E-state index < -0.39 is 0 Å². The number of amides is 1. The molecule has 1 saturated heterocycles. The Morgan fingerprint density at radius 1 is 1.40 bits per heavy atom. The molecule has 0 aliphatic carbocycles. The fourth-order valence-electron chi connectivity index (χ4n) is 2.53. The van der Waals surface area contributed by atoms with Gasteiger partial charge >= 0.3 is 0 Å². The summed E-state index contributed by atoms with van der Waals surface area (Å²) in [6.45, 7) is 9.42. The van der Waals surface area contributed by atoms with Crippen LogP contribution in [0, 0.1) is 0 Å². The van der Waals surface area contributed by atoms with Crippen LogP contribution in [0.4, 0.5) is 0 Å². The molecule has 0 unspecified atom stereocenters. The number of carbonyl (C=O) groups is 1. The number of carbonyl (C=O) groups excluding carboxylic acids is 1. The minimum Gasteiger partial charge on any atom is -0.350 e. The minimum absolute atomic E-state index is 0.0813. The summed E-state index contributed by atoms with van der Waals surface area (Å²) in [5.74, 6) is 0.0813. The molecule has 1 aromatic rings. The zero-order chi connectivity index (χ0) is 14.5. The van der Waals surface area contributed by atoms with Crippen molar-refractivity contribution in [2.75, 3.05) is 39.8 Å². The Balaban J connectivity index is 1.81. The first kappa shape index (κ1) is 15.5. The van der Waals surface area contributed by atoms with Crippen molar-refractivity contribution in [3.63, 3.8) is 0 Å². The van der Waals surface area contributed by atoms with Gasteiger partial charge in [0.05, 0.1) is 4.88 Å². The second-order valence-corrected chi connectivity index (χ2v) is 6.44. The van der Waals surface area contributed by atoms with Crippen molar-refractivity contribution in [1.29, 1.82) is 0 Å². The van der Waals surface area contributed by atoms with E-state index in [1.165, 1.54) is 11.3 Å². The monoisotopic (exact) mass is 295 g/mol. The number of hydrogen-bond acceptors (Lipinski definition) is 4. The molecule has 0 spiro atoms. The van der Waals surface area contributed by atoms with Gasteiger partial charge in [0.1, 0.15) is 0 Å². The van der Waals surface area contributed by atoms with Crippen LogP contribution in [0.15, 0.2) is 11.4 Å². The predicted octanol–water partition coefficient (Wildman–Crippen LogP) is 1.68. The van der Waals surface area contributed by atoms with E-state index in [0.717, 1.165) is 49.6 Å². The largest absolute Gasteiger partial charge is 0.350 e. The highest BCUT2D eigenvalue weighted by Crippen LogP contribution is 2.17. The number of hydrogen-bond donors (Lipinski definition) is 1. The molecule has 0 bridgehead atoms. The summed E-state index contributed by atoms with van der Waals surface area (Å²) in [6, 6.07) is 2.45. The Morgan fingerprint density at radius 3 is 2.75 bits per heavy atom. The first-order valence-electron chi connectivity index (χ1n) is 7.39.